The van der Waals surface area contributed by atoms with Gasteiger partial charge in [-0.15, -0.1) is 0 Å². The summed E-state index contributed by atoms with van der Waals surface area (Å²) in [6.07, 6.45) is 16.1. The van der Waals surface area contributed by atoms with Gasteiger partial charge in [0.1, 0.15) is 0 Å². The zero-order chi connectivity index (χ0) is 17.7. The van der Waals surface area contributed by atoms with Gasteiger partial charge in [0.25, 0.3) is 0 Å². The molecule has 0 aliphatic heterocycles. The van der Waals surface area contributed by atoms with E-state index in [2.05, 4.69) is 44.2 Å². The van der Waals surface area contributed by atoms with Crippen molar-refractivity contribution in [3.05, 3.63) is 41.0 Å². The fourth-order valence-corrected chi connectivity index (χ4v) is 7.80. The Morgan fingerprint density at radius 2 is 1.73 bits per heavy atom. The Morgan fingerprint density at radius 1 is 0.885 bits per heavy atom. The van der Waals surface area contributed by atoms with Crippen LogP contribution in [0.25, 0.3) is 6.08 Å². The van der Waals surface area contributed by atoms with Crippen LogP contribution < -0.4 is 0 Å². The molecule has 0 N–H and O–H groups in total. The second kappa shape index (κ2) is 6.84. The molecule has 140 valence electrons. The summed E-state index contributed by atoms with van der Waals surface area (Å²) >= 11 is 0. The number of fused-ring (bicyclic) bond motifs is 4. The number of hydrogen-bond donors (Lipinski definition) is 0. The highest BCUT2D eigenvalue weighted by Gasteiger charge is 2.49. The third-order valence-corrected chi connectivity index (χ3v) is 8.96. The molecule has 4 aliphatic carbocycles. The van der Waals surface area contributed by atoms with E-state index in [0.29, 0.717) is 5.92 Å². The molecule has 3 saturated carbocycles. The first kappa shape index (κ1) is 17.1. The van der Waals surface area contributed by atoms with Gasteiger partial charge in [-0.2, -0.15) is 0 Å². The number of benzene rings is 1. The van der Waals surface area contributed by atoms with Crippen LogP contribution in [-0.4, -0.2) is 0 Å². The van der Waals surface area contributed by atoms with Gasteiger partial charge in [-0.1, -0.05) is 62.1 Å². The number of hydrogen-bond acceptors (Lipinski definition) is 0. The van der Waals surface area contributed by atoms with Gasteiger partial charge < -0.3 is 0 Å². The highest BCUT2D eigenvalue weighted by Crippen LogP contribution is 2.57. The Morgan fingerprint density at radius 3 is 2.65 bits per heavy atom. The summed E-state index contributed by atoms with van der Waals surface area (Å²) in [5.41, 5.74) is 4.68. The van der Waals surface area contributed by atoms with E-state index >= 15 is 0 Å². The van der Waals surface area contributed by atoms with E-state index in [9.17, 15) is 0 Å². The lowest BCUT2D eigenvalue weighted by molar-refractivity contribution is 0.0569. The van der Waals surface area contributed by atoms with Crippen LogP contribution in [-0.2, 0) is 0 Å². The van der Waals surface area contributed by atoms with Crippen molar-refractivity contribution in [1.82, 2.24) is 0 Å². The lowest BCUT2D eigenvalue weighted by Gasteiger charge is -2.44. The van der Waals surface area contributed by atoms with Crippen molar-refractivity contribution in [3.63, 3.8) is 0 Å². The third-order valence-electron chi connectivity index (χ3n) is 8.96. The van der Waals surface area contributed by atoms with Crippen molar-refractivity contribution in [3.8, 4) is 0 Å². The predicted molar refractivity (Wildman–Crippen MR) is 111 cm³/mol. The maximum atomic E-state index is 2.59. The number of rotatable bonds is 3. The lowest BCUT2D eigenvalue weighted by atomic mass is 9.61. The maximum Gasteiger partial charge on any atom is 0.00547 e. The van der Waals surface area contributed by atoms with Crippen molar-refractivity contribution in [2.24, 2.45) is 35.5 Å². The van der Waals surface area contributed by atoms with E-state index in [-0.39, 0.29) is 0 Å². The highest BCUT2D eigenvalue weighted by atomic mass is 14.5. The maximum absolute atomic E-state index is 2.59. The average Bonchev–Trinajstić information content (AvgIpc) is 3.15. The molecule has 0 heterocycles. The molecule has 0 radical (unpaired) electrons. The molecular weight excluding hydrogens is 312 g/mol. The average molecular weight is 349 g/mol. The molecule has 0 aromatic heterocycles. The van der Waals surface area contributed by atoms with Crippen LogP contribution in [0.5, 0.6) is 0 Å². The SMILES string of the molecule is CC1=Cc2ccccc2C1CCC1C(C)CC2C3CCCCC3CCC12. The second-order valence-corrected chi connectivity index (χ2v) is 10.1. The van der Waals surface area contributed by atoms with E-state index in [1.807, 2.05) is 0 Å². The van der Waals surface area contributed by atoms with Crippen LogP contribution in [0.15, 0.2) is 29.8 Å². The minimum absolute atomic E-state index is 0.698. The summed E-state index contributed by atoms with van der Waals surface area (Å²) in [6, 6.07) is 9.10. The summed E-state index contributed by atoms with van der Waals surface area (Å²) in [6.45, 7) is 4.95. The Bertz CT molecular complexity index is 683. The van der Waals surface area contributed by atoms with Crippen LogP contribution in [0.4, 0.5) is 0 Å². The van der Waals surface area contributed by atoms with Crippen molar-refractivity contribution in [2.45, 2.75) is 77.6 Å². The second-order valence-electron chi connectivity index (χ2n) is 10.1. The van der Waals surface area contributed by atoms with E-state index in [4.69, 9.17) is 0 Å². The fraction of sp³-hybridized carbons (Fsp3) is 0.692. The molecule has 26 heavy (non-hydrogen) atoms. The van der Waals surface area contributed by atoms with Gasteiger partial charge in [-0.05, 0) is 92.1 Å². The molecule has 7 atom stereocenters. The van der Waals surface area contributed by atoms with Gasteiger partial charge >= 0.3 is 0 Å². The standard InChI is InChI=1S/C26H36/c1-17-15-20-8-4-6-10-24(20)21(17)13-14-22-18(2)16-26-23-9-5-3-7-19(23)11-12-25(22)26/h4,6,8,10,15,18-19,21-23,25-26H,3,5,7,9,11-14,16H2,1-2H3. The Labute approximate surface area is 160 Å². The molecule has 1 aromatic rings. The molecule has 7 unspecified atom stereocenters. The Kier molecular flexibility index (Phi) is 4.50. The van der Waals surface area contributed by atoms with Crippen LogP contribution in [0.3, 0.4) is 0 Å². The lowest BCUT2D eigenvalue weighted by Crippen LogP contribution is -2.35. The predicted octanol–water partition coefficient (Wildman–Crippen LogP) is 7.46. The first-order valence-corrected chi connectivity index (χ1v) is 11.5. The van der Waals surface area contributed by atoms with Crippen molar-refractivity contribution in [1.29, 1.82) is 0 Å². The summed E-state index contributed by atoms with van der Waals surface area (Å²) in [7, 11) is 0. The topological polar surface area (TPSA) is 0 Å². The smallest absolute Gasteiger partial charge is 0.00547 e. The van der Waals surface area contributed by atoms with Gasteiger partial charge in [0, 0.05) is 5.92 Å². The molecule has 1 aromatic carbocycles. The Balaban J connectivity index is 1.29. The van der Waals surface area contributed by atoms with Crippen LogP contribution in [0, 0.1) is 35.5 Å². The van der Waals surface area contributed by atoms with Crippen LogP contribution in [0.2, 0.25) is 0 Å². The molecule has 0 heteroatoms. The molecule has 0 spiro atoms. The first-order chi connectivity index (χ1) is 12.7. The van der Waals surface area contributed by atoms with Gasteiger partial charge in [0.15, 0.2) is 0 Å². The first-order valence-electron chi connectivity index (χ1n) is 11.5. The summed E-state index contributed by atoms with van der Waals surface area (Å²) in [5, 5.41) is 0. The van der Waals surface area contributed by atoms with E-state index in [1.165, 1.54) is 31.2 Å². The summed E-state index contributed by atoms with van der Waals surface area (Å²) < 4.78 is 0. The Hall–Kier alpha value is -1.04. The fourth-order valence-electron chi connectivity index (χ4n) is 7.80. The largest absolute Gasteiger partial charge is 0.0652 e. The van der Waals surface area contributed by atoms with Crippen LogP contribution in [0.1, 0.15) is 88.7 Å². The van der Waals surface area contributed by atoms with Crippen molar-refractivity contribution >= 4 is 6.08 Å². The monoisotopic (exact) mass is 348 g/mol. The molecule has 4 aliphatic rings. The normalized spacial score (nSPS) is 41.3. The zero-order valence-electron chi connectivity index (χ0n) is 16.8. The molecule has 0 nitrogen and oxygen atoms in total. The van der Waals surface area contributed by atoms with Gasteiger partial charge in [0.2, 0.25) is 0 Å². The molecular formula is C26H36. The van der Waals surface area contributed by atoms with E-state index < -0.39 is 0 Å². The number of allylic oxidation sites excluding steroid dienone is 1. The molecule has 3 fully saturated rings. The minimum Gasteiger partial charge on any atom is -0.0652 e. The zero-order valence-corrected chi connectivity index (χ0v) is 16.8. The quantitative estimate of drug-likeness (QED) is 0.532. The summed E-state index contributed by atoms with van der Waals surface area (Å²) in [4.78, 5) is 0. The molecule has 0 saturated heterocycles. The van der Waals surface area contributed by atoms with E-state index in [0.717, 1.165) is 35.5 Å². The van der Waals surface area contributed by atoms with Gasteiger partial charge in [-0.25, -0.2) is 0 Å². The third kappa shape index (κ3) is 2.79. The molecule has 0 amide bonds. The molecule has 5 rings (SSSR count). The minimum atomic E-state index is 0.698. The molecule has 0 bridgehead atoms. The summed E-state index contributed by atoms with van der Waals surface area (Å²) in [5.74, 6) is 7.01. The van der Waals surface area contributed by atoms with E-state index in [1.54, 1.807) is 43.2 Å². The van der Waals surface area contributed by atoms with Crippen LogP contribution >= 0.6 is 0 Å². The highest BCUT2D eigenvalue weighted by molar-refractivity contribution is 5.65. The van der Waals surface area contributed by atoms with Crippen molar-refractivity contribution < 1.29 is 0 Å². The van der Waals surface area contributed by atoms with Gasteiger partial charge in [-0.3, -0.25) is 0 Å². The van der Waals surface area contributed by atoms with Crippen molar-refractivity contribution in [2.75, 3.05) is 0 Å². The van der Waals surface area contributed by atoms with Gasteiger partial charge in [0.05, 0.1) is 0 Å².